The number of amides is 2. The molecule has 5 rings (SSSR count). The van der Waals surface area contributed by atoms with E-state index in [9.17, 15) is 14.0 Å². The van der Waals surface area contributed by atoms with Gasteiger partial charge >= 0.3 is 0 Å². The quantitative estimate of drug-likeness (QED) is 0.322. The Kier molecular flexibility index (Phi) is 8.47. The first-order chi connectivity index (χ1) is 19.4. The van der Waals surface area contributed by atoms with Gasteiger partial charge < -0.3 is 10.1 Å². The van der Waals surface area contributed by atoms with E-state index in [2.05, 4.69) is 20.7 Å². The number of halogens is 2. The summed E-state index contributed by atoms with van der Waals surface area (Å²) in [6.45, 7) is 2.53. The average Bonchev–Trinajstić information content (AvgIpc) is 3.65. The number of carbonyl (C=O) groups is 2. The number of aromatic nitrogens is 4. The second-order valence-electron chi connectivity index (χ2n) is 9.53. The van der Waals surface area contributed by atoms with Gasteiger partial charge in [-0.05, 0) is 78.6 Å². The van der Waals surface area contributed by atoms with Gasteiger partial charge in [-0.25, -0.2) is 4.39 Å². The summed E-state index contributed by atoms with van der Waals surface area (Å²) in [5.74, 6) is -0.975. The molecule has 11 heteroatoms. The topological polar surface area (TPSA) is 102 Å². The highest BCUT2D eigenvalue weighted by Gasteiger charge is 2.34. The minimum Gasteiger partial charge on any atom is -0.376 e. The van der Waals surface area contributed by atoms with Gasteiger partial charge in [0.1, 0.15) is 18.4 Å². The number of para-hydroxylation sites is 1. The van der Waals surface area contributed by atoms with Crippen molar-refractivity contribution in [1.82, 2.24) is 25.5 Å². The van der Waals surface area contributed by atoms with Crippen LogP contribution >= 0.6 is 11.6 Å². The summed E-state index contributed by atoms with van der Waals surface area (Å²) < 4.78 is 19.5. The highest BCUT2D eigenvalue weighted by atomic mass is 35.5. The van der Waals surface area contributed by atoms with Crippen LogP contribution in [-0.4, -0.2) is 51.3 Å². The monoisotopic (exact) mass is 562 g/mol. The summed E-state index contributed by atoms with van der Waals surface area (Å²) >= 11 is 5.98. The molecule has 2 atom stereocenters. The zero-order valence-electron chi connectivity index (χ0n) is 21.8. The normalized spacial score (nSPS) is 15.5. The molecule has 1 saturated heterocycles. The van der Waals surface area contributed by atoms with Crippen molar-refractivity contribution in [1.29, 1.82) is 0 Å². The van der Waals surface area contributed by atoms with Gasteiger partial charge in [-0.2, -0.15) is 4.80 Å². The van der Waals surface area contributed by atoms with Gasteiger partial charge in [0.2, 0.25) is 11.7 Å². The van der Waals surface area contributed by atoms with Crippen molar-refractivity contribution in [2.45, 2.75) is 38.5 Å². The maximum atomic E-state index is 14.0. The molecule has 0 spiro atoms. The van der Waals surface area contributed by atoms with E-state index in [1.54, 1.807) is 36.4 Å². The molecule has 4 aromatic rings. The van der Waals surface area contributed by atoms with Crippen LogP contribution in [0.3, 0.4) is 0 Å². The molecule has 40 heavy (non-hydrogen) atoms. The van der Waals surface area contributed by atoms with E-state index >= 15 is 0 Å². The molecule has 0 bridgehead atoms. The Morgan fingerprint density at radius 1 is 1.12 bits per heavy atom. The number of carbonyl (C=O) groups excluding carboxylic acids is 2. The standard InChI is InChI=1S/C29H28ClFN6O3/c1-19-5-2-3-7-25(19)37(26(38)18-36-34-28(33-35-36)21-8-12-22(30)13-9-21)27(20-10-14-23(31)15-11-20)29(39)32-17-24-6-4-16-40-24/h2-3,5,7-15,24,27H,4,6,16-18H2,1H3,(H,32,39)/t24-,27+/m1/s1. The highest BCUT2D eigenvalue weighted by molar-refractivity contribution is 6.30. The molecule has 0 unspecified atom stereocenters. The lowest BCUT2D eigenvalue weighted by atomic mass is 10.0. The molecule has 3 aromatic carbocycles. The molecule has 1 N–H and O–H groups in total. The van der Waals surface area contributed by atoms with Gasteiger partial charge in [0.25, 0.3) is 5.91 Å². The van der Waals surface area contributed by atoms with Crippen molar-refractivity contribution in [3.63, 3.8) is 0 Å². The lowest BCUT2D eigenvalue weighted by molar-refractivity contribution is -0.127. The van der Waals surface area contributed by atoms with Gasteiger partial charge in [0.15, 0.2) is 0 Å². The Morgan fingerprint density at radius 3 is 2.58 bits per heavy atom. The fraction of sp³-hybridized carbons (Fsp3) is 0.276. The van der Waals surface area contributed by atoms with Crippen LogP contribution in [0.25, 0.3) is 11.4 Å². The van der Waals surface area contributed by atoms with Crippen molar-refractivity contribution < 1.29 is 18.7 Å². The average molecular weight is 563 g/mol. The third-order valence-electron chi connectivity index (χ3n) is 6.70. The summed E-state index contributed by atoms with van der Waals surface area (Å²) in [6.07, 6.45) is 1.68. The first-order valence-corrected chi connectivity index (χ1v) is 13.3. The van der Waals surface area contributed by atoms with Crippen molar-refractivity contribution in [3.05, 3.63) is 94.8 Å². The van der Waals surface area contributed by atoms with Gasteiger partial charge in [-0.15, -0.1) is 10.2 Å². The number of benzene rings is 3. The third kappa shape index (κ3) is 6.35. The van der Waals surface area contributed by atoms with Crippen LogP contribution in [-0.2, 0) is 20.9 Å². The number of hydrogen-bond acceptors (Lipinski definition) is 6. The maximum Gasteiger partial charge on any atom is 0.251 e. The predicted molar refractivity (Wildman–Crippen MR) is 148 cm³/mol. The van der Waals surface area contributed by atoms with Crippen LogP contribution in [0, 0.1) is 12.7 Å². The summed E-state index contributed by atoms with van der Waals surface area (Å²) in [7, 11) is 0. The summed E-state index contributed by atoms with van der Waals surface area (Å²) in [4.78, 5) is 30.4. The predicted octanol–water partition coefficient (Wildman–Crippen LogP) is 4.51. The van der Waals surface area contributed by atoms with Crippen molar-refractivity contribution in [2.75, 3.05) is 18.1 Å². The van der Waals surface area contributed by atoms with Gasteiger partial charge in [-0.1, -0.05) is 41.9 Å². The van der Waals surface area contributed by atoms with E-state index in [4.69, 9.17) is 16.3 Å². The molecule has 0 aliphatic carbocycles. The molecule has 1 aromatic heterocycles. The van der Waals surface area contributed by atoms with Crippen molar-refractivity contribution in [3.8, 4) is 11.4 Å². The Hall–Kier alpha value is -4.15. The van der Waals surface area contributed by atoms with E-state index in [1.807, 2.05) is 19.1 Å². The molecule has 0 radical (unpaired) electrons. The number of aryl methyl sites for hydroxylation is 1. The molecule has 1 aliphatic heterocycles. The third-order valence-corrected chi connectivity index (χ3v) is 6.95. The number of hydrogen-bond donors (Lipinski definition) is 1. The fourth-order valence-corrected chi connectivity index (χ4v) is 4.78. The van der Waals surface area contributed by atoms with Gasteiger partial charge in [0, 0.05) is 29.4 Å². The SMILES string of the molecule is Cc1ccccc1N(C(=O)Cn1nnc(-c2ccc(Cl)cc2)n1)[C@H](C(=O)NC[C@H]1CCCO1)c1ccc(F)cc1. The molecule has 9 nitrogen and oxygen atoms in total. The lowest BCUT2D eigenvalue weighted by Gasteiger charge is -2.32. The molecule has 206 valence electrons. The lowest BCUT2D eigenvalue weighted by Crippen LogP contribution is -2.47. The van der Waals surface area contributed by atoms with E-state index in [0.717, 1.165) is 18.4 Å². The Morgan fingerprint density at radius 2 is 1.88 bits per heavy atom. The largest absolute Gasteiger partial charge is 0.376 e. The van der Waals surface area contributed by atoms with E-state index in [0.29, 0.717) is 40.8 Å². The molecule has 1 fully saturated rings. The summed E-state index contributed by atoms with van der Waals surface area (Å²) in [5.41, 5.74) is 2.46. The first kappa shape index (κ1) is 27.4. The number of nitrogens with zero attached hydrogens (tertiary/aromatic N) is 5. The van der Waals surface area contributed by atoms with Crippen LogP contribution in [0.4, 0.5) is 10.1 Å². The Labute approximate surface area is 235 Å². The van der Waals surface area contributed by atoms with Crippen LogP contribution in [0.1, 0.15) is 30.0 Å². The molecular weight excluding hydrogens is 535 g/mol. The molecular formula is C29H28ClFN6O3. The van der Waals surface area contributed by atoms with Crippen molar-refractivity contribution >= 4 is 29.1 Å². The zero-order valence-corrected chi connectivity index (χ0v) is 22.6. The summed E-state index contributed by atoms with van der Waals surface area (Å²) in [6, 6.07) is 18.7. The number of anilines is 1. The second kappa shape index (κ2) is 12.4. The summed E-state index contributed by atoms with van der Waals surface area (Å²) in [5, 5.41) is 16.0. The maximum absolute atomic E-state index is 14.0. The number of rotatable bonds is 9. The zero-order chi connectivity index (χ0) is 28.1. The number of nitrogens with one attached hydrogen (secondary N) is 1. The van der Waals surface area contributed by atoms with E-state index in [1.165, 1.54) is 34.0 Å². The minimum atomic E-state index is -1.09. The minimum absolute atomic E-state index is 0.0916. The van der Waals surface area contributed by atoms with Crippen molar-refractivity contribution in [2.24, 2.45) is 0 Å². The van der Waals surface area contributed by atoms with E-state index < -0.39 is 23.7 Å². The molecule has 0 saturated carbocycles. The van der Waals surface area contributed by atoms with Crippen LogP contribution in [0.5, 0.6) is 0 Å². The Balaban J connectivity index is 1.48. The Bertz CT molecular complexity index is 1470. The van der Waals surface area contributed by atoms with Crippen LogP contribution in [0.2, 0.25) is 5.02 Å². The van der Waals surface area contributed by atoms with Crippen LogP contribution in [0.15, 0.2) is 72.8 Å². The smallest absolute Gasteiger partial charge is 0.251 e. The fourth-order valence-electron chi connectivity index (χ4n) is 4.65. The van der Waals surface area contributed by atoms with Gasteiger partial charge in [0.05, 0.1) is 6.10 Å². The molecule has 2 heterocycles. The molecule has 1 aliphatic rings. The first-order valence-electron chi connectivity index (χ1n) is 13.0. The second-order valence-corrected chi connectivity index (χ2v) is 9.97. The number of tetrazole rings is 1. The molecule has 2 amide bonds. The highest BCUT2D eigenvalue weighted by Crippen LogP contribution is 2.31. The van der Waals surface area contributed by atoms with Crippen LogP contribution < -0.4 is 10.2 Å². The van der Waals surface area contributed by atoms with Gasteiger partial charge in [-0.3, -0.25) is 14.5 Å². The van der Waals surface area contributed by atoms with E-state index in [-0.39, 0.29) is 12.6 Å². The number of ether oxygens (including phenoxy) is 1.